The van der Waals surface area contributed by atoms with E-state index >= 15 is 0 Å². The molecule has 0 saturated carbocycles. The number of hydrogen-bond donors (Lipinski definition) is 3. The highest BCUT2D eigenvalue weighted by atomic mass is 19.4. The average Bonchev–Trinajstić information content (AvgIpc) is 3.15. The highest BCUT2D eigenvalue weighted by Crippen LogP contribution is 2.39. The first-order valence-electron chi connectivity index (χ1n) is 10.7. The number of piperidine rings is 1. The predicted octanol–water partition coefficient (Wildman–Crippen LogP) is 4.74. The van der Waals surface area contributed by atoms with E-state index in [1.807, 2.05) is 30.3 Å². The number of amides is 2. The van der Waals surface area contributed by atoms with Crippen LogP contribution in [0.5, 0.6) is 0 Å². The summed E-state index contributed by atoms with van der Waals surface area (Å²) in [6.07, 6.45) is -10.5. The Morgan fingerprint density at radius 2 is 1.56 bits per heavy atom. The van der Waals surface area contributed by atoms with Crippen molar-refractivity contribution in [3.05, 3.63) is 70.8 Å². The van der Waals surface area contributed by atoms with Crippen molar-refractivity contribution in [1.82, 2.24) is 16.0 Å². The van der Waals surface area contributed by atoms with Crippen LogP contribution in [0.3, 0.4) is 0 Å². The summed E-state index contributed by atoms with van der Waals surface area (Å²) >= 11 is 0. The minimum atomic E-state index is -4.94. The second-order valence-electron chi connectivity index (χ2n) is 8.66. The Bertz CT molecular complexity index is 1010. The molecule has 0 aromatic heterocycles. The number of fused-ring (bicyclic) bond motifs is 1. The van der Waals surface area contributed by atoms with Crippen LogP contribution < -0.4 is 16.0 Å². The van der Waals surface area contributed by atoms with Crippen molar-refractivity contribution in [2.45, 2.75) is 49.4 Å². The van der Waals surface area contributed by atoms with Crippen LogP contribution in [0.2, 0.25) is 0 Å². The molecule has 0 spiro atoms. The summed E-state index contributed by atoms with van der Waals surface area (Å²) in [5.41, 5.74) is -2.96. The molecule has 0 bridgehead atoms. The van der Waals surface area contributed by atoms with Crippen molar-refractivity contribution >= 4 is 6.03 Å². The fraction of sp³-hybridized carbons (Fsp3) is 0.435. The van der Waals surface area contributed by atoms with Crippen molar-refractivity contribution in [1.29, 1.82) is 0 Å². The molecule has 2 amide bonds. The molecule has 4 atom stereocenters. The summed E-state index contributed by atoms with van der Waals surface area (Å²) in [5, 5.41) is 9.04. The molecule has 1 unspecified atom stereocenters. The van der Waals surface area contributed by atoms with Crippen LogP contribution in [0, 0.1) is 0 Å². The zero-order valence-electron chi connectivity index (χ0n) is 18.1. The van der Waals surface area contributed by atoms with E-state index in [-0.39, 0.29) is 36.4 Å². The zero-order valence-corrected chi connectivity index (χ0v) is 18.1. The maximum atomic E-state index is 13.3. The van der Waals surface area contributed by atoms with Crippen LogP contribution in [-0.4, -0.2) is 31.3 Å². The minimum absolute atomic E-state index is 0.0329. The molecular weight excluding hydrogens is 464 g/mol. The molecule has 2 aromatic carbocycles. The molecule has 2 aliphatic rings. The van der Waals surface area contributed by atoms with Gasteiger partial charge in [0.2, 0.25) is 0 Å². The Morgan fingerprint density at radius 3 is 2.15 bits per heavy atom. The van der Waals surface area contributed by atoms with Crippen molar-refractivity contribution in [2.75, 3.05) is 13.2 Å². The molecule has 2 fully saturated rings. The van der Waals surface area contributed by atoms with Crippen LogP contribution in [0.4, 0.5) is 31.1 Å². The maximum absolute atomic E-state index is 13.3. The predicted molar refractivity (Wildman–Crippen MR) is 111 cm³/mol. The number of carbonyl (C=O) groups is 1. The lowest BCUT2D eigenvalue weighted by Gasteiger charge is -2.43. The SMILES string of the molecule is C[C@@H](OC[C@@]1(c2ccccc2)C[C@H]2NC(=O)NC2CN1)c1cc(C(F)(F)F)cc(C(F)(F)F)c1. The van der Waals surface area contributed by atoms with Gasteiger partial charge in [-0.05, 0) is 42.7 Å². The summed E-state index contributed by atoms with van der Waals surface area (Å²) < 4.78 is 85.4. The third-order valence-corrected chi connectivity index (χ3v) is 6.33. The molecule has 11 heteroatoms. The second-order valence-corrected chi connectivity index (χ2v) is 8.66. The first-order chi connectivity index (χ1) is 15.9. The molecule has 3 N–H and O–H groups in total. The molecule has 34 heavy (non-hydrogen) atoms. The van der Waals surface area contributed by atoms with Gasteiger partial charge >= 0.3 is 18.4 Å². The zero-order chi connectivity index (χ0) is 24.7. The van der Waals surface area contributed by atoms with E-state index in [4.69, 9.17) is 4.74 Å². The standard InChI is InChI=1S/C23H23F6N3O2/c1-13(14-7-16(22(24,25)26)9-17(8-14)23(27,28)29)34-12-21(15-5-3-2-4-6-15)10-18-19(11-30-21)32-20(33)31-18/h2-9,13,18-19,30H,10-12H2,1H3,(H2,31,32,33)/t13-,18-,19?,21-/m1/s1. The van der Waals surface area contributed by atoms with Gasteiger partial charge in [-0.3, -0.25) is 0 Å². The second kappa shape index (κ2) is 8.77. The van der Waals surface area contributed by atoms with Crippen molar-refractivity contribution in [2.24, 2.45) is 0 Å². The number of alkyl halides is 6. The fourth-order valence-electron chi connectivity index (χ4n) is 4.47. The summed E-state index contributed by atoms with van der Waals surface area (Å²) in [6.45, 7) is 1.80. The normalized spacial score (nSPS) is 25.9. The Hall–Kier alpha value is -2.79. The molecule has 0 aliphatic carbocycles. The molecule has 2 aliphatic heterocycles. The molecule has 4 rings (SSSR count). The van der Waals surface area contributed by atoms with Gasteiger partial charge in [-0.1, -0.05) is 30.3 Å². The number of urea groups is 1. The number of ether oxygens (including phenoxy) is 1. The van der Waals surface area contributed by atoms with Crippen LogP contribution in [0.25, 0.3) is 0 Å². The molecular formula is C23H23F6N3O2. The Labute approximate surface area is 191 Å². The van der Waals surface area contributed by atoms with E-state index in [0.717, 1.165) is 5.56 Å². The fourth-order valence-corrected chi connectivity index (χ4v) is 4.47. The number of benzene rings is 2. The summed E-state index contributed by atoms with van der Waals surface area (Å²) in [6, 6.07) is 10.0. The van der Waals surface area contributed by atoms with E-state index in [9.17, 15) is 31.1 Å². The number of halogens is 6. The van der Waals surface area contributed by atoms with E-state index in [1.165, 1.54) is 6.92 Å². The van der Waals surface area contributed by atoms with Gasteiger partial charge in [0.15, 0.2) is 0 Å². The van der Waals surface area contributed by atoms with Gasteiger partial charge in [0.1, 0.15) is 0 Å². The van der Waals surface area contributed by atoms with Gasteiger partial charge in [-0.2, -0.15) is 26.3 Å². The van der Waals surface area contributed by atoms with Gasteiger partial charge < -0.3 is 20.7 Å². The van der Waals surface area contributed by atoms with Crippen LogP contribution in [0.15, 0.2) is 48.5 Å². The number of hydrogen-bond acceptors (Lipinski definition) is 3. The van der Waals surface area contributed by atoms with Crippen molar-refractivity contribution in [3.8, 4) is 0 Å². The monoisotopic (exact) mass is 487 g/mol. The Balaban J connectivity index is 1.61. The molecule has 5 nitrogen and oxygen atoms in total. The minimum Gasteiger partial charge on any atom is -0.372 e. The van der Waals surface area contributed by atoms with E-state index < -0.39 is 35.1 Å². The summed E-state index contributed by atoms with van der Waals surface area (Å²) in [7, 11) is 0. The molecule has 2 aromatic rings. The van der Waals surface area contributed by atoms with Gasteiger partial charge in [-0.15, -0.1) is 0 Å². The highest BCUT2D eigenvalue weighted by Gasteiger charge is 2.46. The highest BCUT2D eigenvalue weighted by molar-refractivity contribution is 5.77. The van der Waals surface area contributed by atoms with Crippen LogP contribution in [-0.2, 0) is 22.6 Å². The lowest BCUT2D eigenvalue weighted by molar-refractivity contribution is -0.143. The van der Waals surface area contributed by atoms with E-state index in [2.05, 4.69) is 16.0 Å². The first-order valence-corrected chi connectivity index (χ1v) is 10.7. The summed E-state index contributed by atoms with van der Waals surface area (Å²) in [4.78, 5) is 11.8. The number of carbonyl (C=O) groups excluding carboxylic acids is 1. The quantitative estimate of drug-likeness (QED) is 0.534. The molecule has 2 saturated heterocycles. The van der Waals surface area contributed by atoms with Crippen LogP contribution in [0.1, 0.15) is 41.7 Å². The molecule has 2 heterocycles. The van der Waals surface area contributed by atoms with Crippen molar-refractivity contribution < 1.29 is 35.9 Å². The smallest absolute Gasteiger partial charge is 0.372 e. The average molecular weight is 487 g/mol. The molecule has 0 radical (unpaired) electrons. The number of rotatable bonds is 5. The molecule has 184 valence electrons. The first kappa shape index (κ1) is 24.3. The van der Waals surface area contributed by atoms with Gasteiger partial charge in [-0.25, -0.2) is 4.79 Å². The van der Waals surface area contributed by atoms with Gasteiger partial charge in [0, 0.05) is 6.54 Å². The largest absolute Gasteiger partial charge is 0.416 e. The van der Waals surface area contributed by atoms with E-state index in [0.29, 0.717) is 25.1 Å². The van der Waals surface area contributed by atoms with Crippen molar-refractivity contribution in [3.63, 3.8) is 0 Å². The third-order valence-electron chi connectivity index (χ3n) is 6.33. The Morgan fingerprint density at radius 1 is 0.971 bits per heavy atom. The summed E-state index contributed by atoms with van der Waals surface area (Å²) in [5.74, 6) is 0. The van der Waals surface area contributed by atoms with E-state index in [1.54, 1.807) is 0 Å². The maximum Gasteiger partial charge on any atom is 0.416 e. The van der Waals surface area contributed by atoms with Gasteiger partial charge in [0.25, 0.3) is 0 Å². The lowest BCUT2D eigenvalue weighted by atomic mass is 9.79. The third kappa shape index (κ3) is 5.00. The topological polar surface area (TPSA) is 62.4 Å². The number of nitrogens with one attached hydrogen (secondary N) is 3. The Kier molecular flexibility index (Phi) is 6.28. The van der Waals surface area contributed by atoms with Crippen LogP contribution >= 0.6 is 0 Å². The lowest BCUT2D eigenvalue weighted by Crippen LogP contribution is -2.60. The van der Waals surface area contributed by atoms with Gasteiger partial charge in [0.05, 0.1) is 41.5 Å².